The number of hydrogen-bond donors (Lipinski definition) is 2. The van der Waals surface area contributed by atoms with E-state index in [9.17, 15) is 45.4 Å². The van der Waals surface area contributed by atoms with Gasteiger partial charge in [0.2, 0.25) is 0 Å². The molecule has 9 fully saturated rings. The third-order valence-electron chi connectivity index (χ3n) is 19.2. The first-order valence-corrected chi connectivity index (χ1v) is 30.8. The summed E-state index contributed by atoms with van der Waals surface area (Å²) in [6.45, 7) is 4.56. The van der Waals surface area contributed by atoms with Gasteiger partial charge < -0.3 is 10.2 Å². The maximum absolute atomic E-state index is 13.4. The second-order valence-electron chi connectivity index (χ2n) is 22.6. The number of aliphatic hydroxyl groups is 2. The van der Waals surface area contributed by atoms with Crippen molar-refractivity contribution in [2.75, 3.05) is 24.0 Å². The zero-order valence-corrected chi connectivity index (χ0v) is 40.6. The lowest BCUT2D eigenvalue weighted by Gasteiger charge is -2.57. The van der Waals surface area contributed by atoms with E-state index in [1.807, 2.05) is 0 Å². The van der Waals surface area contributed by atoms with Crippen LogP contribution in [0.2, 0.25) is 0 Å². The highest BCUT2D eigenvalue weighted by atomic mass is 33.1. The third-order valence-corrected chi connectivity index (χ3v) is 24.1. The van der Waals surface area contributed by atoms with E-state index in [2.05, 4.69) is 25.7 Å². The molecule has 9 rings (SSSR count). The summed E-state index contributed by atoms with van der Waals surface area (Å²) >= 11 is 0. The molecular weight excluding hydrogens is 883 g/mol. The molecule has 2 N–H and O–H groups in total. The molecule has 0 spiro atoms. The van der Waals surface area contributed by atoms with Gasteiger partial charge in [0.25, 0.3) is 6.43 Å². The molecule has 0 saturated heterocycles. The molecule has 0 aliphatic heterocycles. The zero-order chi connectivity index (χ0) is 44.6. The molecule has 0 heterocycles. The summed E-state index contributed by atoms with van der Waals surface area (Å²) < 4.78 is 72.7. The summed E-state index contributed by atoms with van der Waals surface area (Å²) in [6.07, 6.45) is 18.4. The fraction of sp³-hybridized carbons (Fsp3) is 0.918. The Bertz CT molecular complexity index is 2000. The Morgan fingerprint density at radius 2 is 1.05 bits per heavy atom. The Kier molecular flexibility index (Phi) is 14.8. The van der Waals surface area contributed by atoms with Crippen LogP contribution in [0.1, 0.15) is 150 Å². The lowest BCUT2D eigenvalue weighted by atomic mass is 9.49. The summed E-state index contributed by atoms with van der Waals surface area (Å²) in [5.41, 5.74) is -2.60. The Hall–Kier alpha value is -0.720. The molecule has 0 amide bonds. The molecule has 0 bridgehead atoms. The third kappa shape index (κ3) is 10.3. The number of hydrogen-bond acceptors (Lipinski definition) is 10. The van der Waals surface area contributed by atoms with Crippen LogP contribution in [-0.4, -0.2) is 80.3 Å². The molecule has 9 aliphatic rings. The first kappa shape index (κ1) is 50.2. The summed E-state index contributed by atoms with van der Waals surface area (Å²) in [4.78, 5) is 25.9. The molecular formula is C49H76F2O8S4. The summed E-state index contributed by atoms with van der Waals surface area (Å²) in [6, 6.07) is 0. The average molecular weight is 959 g/mol. The van der Waals surface area contributed by atoms with Crippen LogP contribution in [0.25, 0.3) is 0 Å². The first-order chi connectivity index (χ1) is 29.0. The van der Waals surface area contributed by atoms with Crippen LogP contribution < -0.4 is 0 Å². The van der Waals surface area contributed by atoms with Crippen molar-refractivity contribution in [2.24, 2.45) is 87.8 Å². The second kappa shape index (κ2) is 18.6. The molecule has 8 nitrogen and oxygen atoms in total. The minimum Gasteiger partial charge on any atom is -0.384 e. The highest BCUT2D eigenvalue weighted by Crippen LogP contribution is 2.66. The number of Topliss-reactive ketones (excluding diaryl/α,β-unsaturated/α-hetero) is 2. The van der Waals surface area contributed by atoms with Crippen LogP contribution in [0.4, 0.5) is 8.78 Å². The van der Waals surface area contributed by atoms with Crippen LogP contribution in [0.3, 0.4) is 0 Å². The van der Waals surface area contributed by atoms with Crippen molar-refractivity contribution in [3.05, 3.63) is 0 Å². The number of halogens is 2. The lowest BCUT2D eigenvalue weighted by Crippen LogP contribution is -2.53. The number of fused-ring (bicyclic) bond motifs is 10. The van der Waals surface area contributed by atoms with E-state index in [0.717, 1.165) is 111 Å². The number of carbonyl (C=O) groups excluding carboxylic acids is 2. The molecule has 0 aromatic heterocycles. The van der Waals surface area contributed by atoms with Crippen molar-refractivity contribution < 1.29 is 45.4 Å². The van der Waals surface area contributed by atoms with Crippen molar-refractivity contribution in [3.63, 3.8) is 0 Å². The van der Waals surface area contributed by atoms with Gasteiger partial charge in [0.15, 0.2) is 17.7 Å². The largest absolute Gasteiger partial charge is 0.384 e. The number of alkyl halides is 2. The monoisotopic (exact) mass is 958 g/mol. The van der Waals surface area contributed by atoms with Gasteiger partial charge in [-0.3, -0.25) is 9.59 Å². The number of carbonyl (C=O) groups is 2. The van der Waals surface area contributed by atoms with Gasteiger partial charge in [-0.1, -0.05) is 33.1 Å². The quantitative estimate of drug-likeness (QED) is 0.169. The predicted molar refractivity (Wildman–Crippen MR) is 249 cm³/mol. The highest BCUT2D eigenvalue weighted by Gasteiger charge is 2.61. The molecule has 9 aliphatic carbocycles. The van der Waals surface area contributed by atoms with E-state index < -0.39 is 35.4 Å². The van der Waals surface area contributed by atoms with Crippen molar-refractivity contribution in [3.8, 4) is 11.8 Å². The molecule has 0 radical (unpaired) electrons. The SMILES string of the molecule is C.C[C@]12CCC3C(CC[C@@H]4C[C@@](O)(C#CC5CC5)CC[C@H]34)C1CC[C@@H]2C(=O)CSS(C)(=O)=O.C[C@]12CCC3C(CC[C@@H]4C[C@@](O)(C(F)F)CC[C@H]34)C1CC[C@@H]2C(=O)CSS(C)(=O)=O. The average Bonchev–Trinajstić information content (AvgIpc) is 3.87. The Labute approximate surface area is 385 Å². The van der Waals surface area contributed by atoms with Crippen LogP contribution >= 0.6 is 21.6 Å². The van der Waals surface area contributed by atoms with Gasteiger partial charge in [0, 0.05) is 30.3 Å². The fourth-order valence-corrected chi connectivity index (χ4v) is 19.2. The van der Waals surface area contributed by atoms with Gasteiger partial charge in [0.05, 0.1) is 11.5 Å². The molecule has 16 atom stereocenters. The van der Waals surface area contributed by atoms with Gasteiger partial charge in [-0.25, -0.2) is 25.6 Å². The summed E-state index contributed by atoms with van der Waals surface area (Å²) in [5.74, 6) is 12.9. The van der Waals surface area contributed by atoms with E-state index in [1.54, 1.807) is 0 Å². The van der Waals surface area contributed by atoms with E-state index in [-0.39, 0.29) is 71.9 Å². The molecule has 6 unspecified atom stereocenters. The molecule has 0 aromatic carbocycles. The predicted octanol–water partition coefficient (Wildman–Crippen LogP) is 9.81. The normalized spacial score (nSPS) is 45.2. The summed E-state index contributed by atoms with van der Waals surface area (Å²) in [7, 11) is -4.86. The molecule has 358 valence electrons. The number of rotatable bonds is 9. The van der Waals surface area contributed by atoms with Crippen molar-refractivity contribution in [1.29, 1.82) is 0 Å². The van der Waals surface area contributed by atoms with Crippen molar-refractivity contribution in [2.45, 2.75) is 167 Å². The van der Waals surface area contributed by atoms with Crippen LogP contribution in [0.5, 0.6) is 0 Å². The smallest absolute Gasteiger partial charge is 0.266 e. The first-order valence-electron chi connectivity index (χ1n) is 24.0. The minimum atomic E-state index is -3.22. The van der Waals surface area contributed by atoms with Crippen molar-refractivity contribution >= 4 is 50.9 Å². The molecule has 9 saturated carbocycles. The van der Waals surface area contributed by atoms with Gasteiger partial charge in [-0.05, 0) is 220 Å². The Balaban J connectivity index is 0.000000186. The standard InChI is InChI=1S/C26H38O4S2.C22H34F2O4S2.CH4/c1-25-12-10-20-19-11-14-26(28,13-9-17-3-4-17)15-18(19)5-6-21(20)22(25)7-8-23(25)24(27)16-31-32(2,29)30;1-21-9-7-15-14-8-10-22(26,20(23)24)11-13(14)3-4-16(15)17(21)5-6-18(21)19(25)12-29-30(2,27)28;/h17-23,28H,3-8,10-12,14-16H2,1-2H3;13-18,20,26H,3-12H2,1-2H3;1H4/t18-,19+,20?,21?,22?,23-,25+,26-;13-,14+,15?,16?,17?,18-,21+,22-;/m11./s1. The van der Waals surface area contributed by atoms with Crippen LogP contribution in [-0.2, 0) is 27.3 Å². The zero-order valence-electron chi connectivity index (χ0n) is 37.4. The van der Waals surface area contributed by atoms with Crippen molar-refractivity contribution in [1.82, 2.24) is 0 Å². The van der Waals surface area contributed by atoms with E-state index in [1.165, 1.54) is 38.4 Å². The van der Waals surface area contributed by atoms with Crippen LogP contribution in [0, 0.1) is 99.6 Å². The van der Waals surface area contributed by atoms with Crippen LogP contribution in [0.15, 0.2) is 0 Å². The Morgan fingerprint density at radius 3 is 1.49 bits per heavy atom. The van der Waals surface area contributed by atoms with Gasteiger partial charge in [-0.15, -0.1) is 0 Å². The second-order valence-corrected chi connectivity index (χ2v) is 31.5. The van der Waals surface area contributed by atoms with E-state index in [4.69, 9.17) is 0 Å². The van der Waals surface area contributed by atoms with E-state index >= 15 is 0 Å². The molecule has 0 aromatic rings. The van der Waals surface area contributed by atoms with Gasteiger partial charge in [0.1, 0.15) is 22.8 Å². The molecule has 63 heavy (non-hydrogen) atoms. The highest BCUT2D eigenvalue weighted by molar-refractivity contribution is 8.72. The maximum atomic E-state index is 13.4. The minimum absolute atomic E-state index is 0. The lowest BCUT2D eigenvalue weighted by molar-refractivity contribution is -0.160. The fourth-order valence-electron chi connectivity index (χ4n) is 16.2. The van der Waals surface area contributed by atoms with Gasteiger partial charge in [-0.2, -0.15) is 0 Å². The topological polar surface area (TPSA) is 143 Å². The molecule has 14 heteroatoms. The number of ketones is 2. The Morgan fingerprint density at radius 1 is 0.603 bits per heavy atom. The maximum Gasteiger partial charge on any atom is 0.266 e. The van der Waals surface area contributed by atoms with E-state index in [0.29, 0.717) is 59.7 Å². The van der Waals surface area contributed by atoms with Gasteiger partial charge >= 0.3 is 0 Å². The summed E-state index contributed by atoms with van der Waals surface area (Å²) in [5, 5.41) is 21.5.